The first-order chi connectivity index (χ1) is 7.75. The van der Waals surface area contributed by atoms with E-state index < -0.39 is 20.5 Å². The highest BCUT2D eigenvalue weighted by atomic mass is 32.2. The molecule has 0 aromatic rings. The Morgan fingerprint density at radius 1 is 1.47 bits per heavy atom. The Morgan fingerprint density at radius 2 is 2.12 bits per heavy atom. The number of carbonyl (C=O) groups is 1. The molecule has 1 aliphatic heterocycles. The van der Waals surface area contributed by atoms with Gasteiger partial charge in [-0.25, -0.2) is 8.42 Å². The molecule has 0 aliphatic carbocycles. The van der Waals surface area contributed by atoms with Gasteiger partial charge < -0.3 is 5.32 Å². The highest BCUT2D eigenvalue weighted by Gasteiger charge is 2.38. The molecule has 0 aromatic carbocycles. The molecule has 1 atom stereocenters. The molecule has 0 bridgehead atoms. The number of amides is 1. The van der Waals surface area contributed by atoms with Gasteiger partial charge in [-0.15, -0.1) is 0 Å². The number of hydrogen-bond acceptors (Lipinski definition) is 4. The largest absolute Gasteiger partial charge is 0.355 e. The molecule has 17 heavy (non-hydrogen) atoms. The fourth-order valence-electron chi connectivity index (χ4n) is 1.27. The Balaban J connectivity index is 2.44. The van der Waals surface area contributed by atoms with E-state index in [0.717, 1.165) is 6.26 Å². The molecule has 0 saturated carbocycles. The van der Waals surface area contributed by atoms with Crippen molar-refractivity contribution in [2.24, 2.45) is 4.99 Å². The van der Waals surface area contributed by atoms with E-state index in [1.807, 2.05) is 12.2 Å². The van der Waals surface area contributed by atoms with Crippen LogP contribution in [-0.2, 0) is 14.6 Å². The number of hydrogen-bond donors (Lipinski definition) is 1. The quantitative estimate of drug-likeness (QED) is 0.772. The lowest BCUT2D eigenvalue weighted by Gasteiger charge is -2.21. The van der Waals surface area contributed by atoms with Crippen LogP contribution in [0.5, 0.6) is 0 Å². The molecule has 0 aromatic heterocycles. The van der Waals surface area contributed by atoms with Gasteiger partial charge in [0.05, 0.1) is 6.04 Å². The fraction of sp³-hybridized carbons (Fsp3) is 0.636. The molecule has 6 heteroatoms. The van der Waals surface area contributed by atoms with Crippen molar-refractivity contribution in [2.45, 2.75) is 31.1 Å². The van der Waals surface area contributed by atoms with Gasteiger partial charge in [0.1, 0.15) is 4.75 Å². The van der Waals surface area contributed by atoms with Crippen LogP contribution >= 0.6 is 0 Å². The minimum absolute atomic E-state index is 0.0941. The van der Waals surface area contributed by atoms with E-state index in [-0.39, 0.29) is 6.04 Å². The summed E-state index contributed by atoms with van der Waals surface area (Å²) in [7, 11) is -3.41. The number of allylic oxidation sites excluding steroid dienone is 1. The van der Waals surface area contributed by atoms with Crippen molar-refractivity contribution in [1.82, 2.24) is 5.32 Å². The number of nitrogens with one attached hydrogen (secondary N) is 1. The SMILES string of the molecule is CC(C)(C(=O)NCCC1C=CC=N1)S(C)(=O)=O. The summed E-state index contributed by atoms with van der Waals surface area (Å²) in [5.41, 5.74) is 0. The van der Waals surface area contributed by atoms with E-state index in [0.29, 0.717) is 13.0 Å². The maximum absolute atomic E-state index is 11.7. The van der Waals surface area contributed by atoms with Crippen LogP contribution in [0.25, 0.3) is 0 Å². The van der Waals surface area contributed by atoms with Gasteiger partial charge in [-0.05, 0) is 26.3 Å². The van der Waals surface area contributed by atoms with E-state index in [4.69, 9.17) is 0 Å². The molecule has 1 unspecified atom stereocenters. The standard InChI is InChI=1S/C11H18N2O3S/c1-11(2,17(3,15)16)10(14)13-8-6-9-5-4-7-12-9/h4-5,7,9H,6,8H2,1-3H3,(H,13,14). The van der Waals surface area contributed by atoms with Crippen molar-refractivity contribution >= 4 is 22.0 Å². The van der Waals surface area contributed by atoms with Gasteiger partial charge in [0, 0.05) is 19.0 Å². The lowest BCUT2D eigenvalue weighted by atomic mass is 10.2. The van der Waals surface area contributed by atoms with Gasteiger partial charge in [0.25, 0.3) is 0 Å². The van der Waals surface area contributed by atoms with Crippen molar-refractivity contribution < 1.29 is 13.2 Å². The minimum Gasteiger partial charge on any atom is -0.355 e. The number of sulfone groups is 1. The number of carbonyl (C=O) groups excluding carboxylic acids is 1. The fourth-order valence-corrected chi connectivity index (χ4v) is 1.68. The van der Waals surface area contributed by atoms with Crippen LogP contribution in [0.4, 0.5) is 0 Å². The Morgan fingerprint density at radius 3 is 2.59 bits per heavy atom. The molecule has 1 amide bonds. The van der Waals surface area contributed by atoms with Gasteiger partial charge in [0.15, 0.2) is 9.84 Å². The first-order valence-electron chi connectivity index (χ1n) is 5.43. The second-order valence-electron chi connectivity index (χ2n) is 4.58. The Hall–Kier alpha value is -1.17. The zero-order chi connectivity index (χ0) is 13.1. The normalized spacial score (nSPS) is 19.6. The van der Waals surface area contributed by atoms with Crippen LogP contribution in [0.15, 0.2) is 17.1 Å². The van der Waals surface area contributed by atoms with Crippen LogP contribution in [-0.4, -0.2) is 44.1 Å². The van der Waals surface area contributed by atoms with Crippen molar-refractivity contribution in [3.8, 4) is 0 Å². The third-order valence-corrected chi connectivity index (χ3v) is 4.94. The smallest absolute Gasteiger partial charge is 0.240 e. The van der Waals surface area contributed by atoms with Crippen LogP contribution in [0.3, 0.4) is 0 Å². The molecular formula is C11H18N2O3S. The molecule has 1 N–H and O–H groups in total. The lowest BCUT2D eigenvalue weighted by Crippen LogP contribution is -2.48. The maximum atomic E-state index is 11.7. The highest BCUT2D eigenvalue weighted by Crippen LogP contribution is 2.15. The first kappa shape index (κ1) is 13.9. The summed E-state index contributed by atoms with van der Waals surface area (Å²) in [6.45, 7) is 3.24. The van der Waals surface area contributed by atoms with Gasteiger partial charge >= 0.3 is 0 Å². The predicted octanol–water partition coefficient (Wildman–Crippen LogP) is 0.325. The monoisotopic (exact) mass is 258 g/mol. The molecule has 1 aliphatic rings. The van der Waals surface area contributed by atoms with Crippen molar-refractivity contribution in [1.29, 1.82) is 0 Å². The van der Waals surface area contributed by atoms with Gasteiger partial charge in [-0.2, -0.15) is 0 Å². The molecular weight excluding hydrogens is 240 g/mol. The zero-order valence-electron chi connectivity index (χ0n) is 10.3. The van der Waals surface area contributed by atoms with Crippen molar-refractivity contribution in [3.63, 3.8) is 0 Å². The number of rotatable bonds is 5. The van der Waals surface area contributed by atoms with E-state index in [1.54, 1.807) is 6.21 Å². The van der Waals surface area contributed by atoms with Crippen molar-refractivity contribution in [3.05, 3.63) is 12.2 Å². The predicted molar refractivity (Wildman–Crippen MR) is 68.0 cm³/mol. The summed E-state index contributed by atoms with van der Waals surface area (Å²) in [6, 6.07) is 0.0941. The summed E-state index contributed by atoms with van der Waals surface area (Å²) >= 11 is 0. The third kappa shape index (κ3) is 3.39. The van der Waals surface area contributed by atoms with Crippen LogP contribution < -0.4 is 5.32 Å². The molecule has 96 valence electrons. The number of aliphatic imine (C=N–C) groups is 1. The third-order valence-electron chi connectivity index (χ3n) is 2.90. The summed E-state index contributed by atoms with van der Waals surface area (Å²) in [4.78, 5) is 15.9. The summed E-state index contributed by atoms with van der Waals surface area (Å²) in [6.07, 6.45) is 7.25. The lowest BCUT2D eigenvalue weighted by molar-refractivity contribution is -0.122. The molecule has 1 heterocycles. The molecule has 0 fully saturated rings. The Labute approximate surface area is 102 Å². The topological polar surface area (TPSA) is 75.6 Å². The van der Waals surface area contributed by atoms with E-state index in [9.17, 15) is 13.2 Å². The van der Waals surface area contributed by atoms with Crippen molar-refractivity contribution in [2.75, 3.05) is 12.8 Å². The van der Waals surface area contributed by atoms with E-state index >= 15 is 0 Å². The minimum atomic E-state index is -3.41. The Bertz CT molecular complexity index is 437. The summed E-state index contributed by atoms with van der Waals surface area (Å²) in [5.74, 6) is -0.467. The zero-order valence-corrected chi connectivity index (χ0v) is 11.1. The average Bonchev–Trinajstić information content (AvgIpc) is 2.68. The Kier molecular flexibility index (Phi) is 4.08. The van der Waals surface area contributed by atoms with Crippen LogP contribution in [0.1, 0.15) is 20.3 Å². The molecule has 0 saturated heterocycles. The number of nitrogens with zero attached hydrogens (tertiary/aromatic N) is 1. The second kappa shape index (κ2) is 5.00. The maximum Gasteiger partial charge on any atom is 0.240 e. The van der Waals surface area contributed by atoms with Crippen LogP contribution in [0, 0.1) is 0 Å². The summed E-state index contributed by atoms with van der Waals surface area (Å²) < 4.78 is 21.4. The van der Waals surface area contributed by atoms with Gasteiger partial charge in [-0.3, -0.25) is 9.79 Å². The molecule has 5 nitrogen and oxygen atoms in total. The average molecular weight is 258 g/mol. The molecule has 0 radical (unpaired) electrons. The molecule has 1 rings (SSSR count). The van der Waals surface area contributed by atoms with Crippen LogP contribution in [0.2, 0.25) is 0 Å². The second-order valence-corrected chi connectivity index (χ2v) is 7.14. The highest BCUT2D eigenvalue weighted by molar-refractivity contribution is 7.92. The van der Waals surface area contributed by atoms with Gasteiger partial charge in [-0.1, -0.05) is 6.08 Å². The molecule has 0 spiro atoms. The first-order valence-corrected chi connectivity index (χ1v) is 7.32. The van der Waals surface area contributed by atoms with E-state index in [1.165, 1.54) is 13.8 Å². The summed E-state index contributed by atoms with van der Waals surface area (Å²) in [5, 5.41) is 2.63. The van der Waals surface area contributed by atoms with E-state index in [2.05, 4.69) is 10.3 Å². The van der Waals surface area contributed by atoms with Gasteiger partial charge in [0.2, 0.25) is 5.91 Å².